The van der Waals surface area contributed by atoms with Crippen molar-refractivity contribution in [3.8, 4) is 0 Å². The van der Waals surface area contributed by atoms with Gasteiger partial charge in [-0.1, -0.05) is 18.2 Å². The normalized spacial score (nSPS) is 17.8. The molecule has 1 fully saturated rings. The molecule has 0 aliphatic carbocycles. The number of nitrogens with one attached hydrogen (secondary N) is 1. The van der Waals surface area contributed by atoms with Gasteiger partial charge in [0.1, 0.15) is 17.4 Å². The first kappa shape index (κ1) is 16.8. The van der Waals surface area contributed by atoms with Crippen LogP contribution in [0, 0.1) is 0 Å². The molecule has 3 heterocycles. The van der Waals surface area contributed by atoms with Crippen molar-refractivity contribution in [2.45, 2.75) is 12.6 Å². The van der Waals surface area contributed by atoms with Gasteiger partial charge in [0.25, 0.3) is 5.91 Å². The first-order valence-electron chi connectivity index (χ1n) is 8.69. The molecule has 1 aliphatic heterocycles. The summed E-state index contributed by atoms with van der Waals surface area (Å²) in [5, 5.41) is 4.27. The zero-order valence-corrected chi connectivity index (χ0v) is 14.9. The fourth-order valence-corrected chi connectivity index (χ4v) is 3.57. The number of ether oxygens (including phenoxy) is 1. The lowest BCUT2D eigenvalue weighted by Crippen LogP contribution is -2.49. The molecule has 136 valence electrons. The van der Waals surface area contributed by atoms with Gasteiger partial charge in [0.2, 0.25) is 0 Å². The molecule has 1 atom stereocenters. The van der Waals surface area contributed by atoms with E-state index in [-0.39, 0.29) is 11.9 Å². The molecule has 1 aliphatic rings. The van der Waals surface area contributed by atoms with Crippen LogP contribution < -0.4 is 5.32 Å². The molecule has 1 saturated heterocycles. The summed E-state index contributed by atoms with van der Waals surface area (Å²) in [7, 11) is 3.56. The number of methoxy groups -OCH3 is 1. The van der Waals surface area contributed by atoms with Crippen LogP contribution in [0.15, 0.2) is 41.1 Å². The molecule has 0 radical (unpaired) electrons. The quantitative estimate of drug-likeness (QED) is 0.777. The molecule has 7 heteroatoms. The van der Waals surface area contributed by atoms with Crippen molar-refractivity contribution in [2.75, 3.05) is 26.7 Å². The maximum absolute atomic E-state index is 13.4. The number of piperazine rings is 1. The third-order valence-electron chi connectivity index (χ3n) is 4.84. The molecular weight excluding hydrogens is 332 g/mol. The van der Waals surface area contributed by atoms with E-state index >= 15 is 0 Å². The highest BCUT2D eigenvalue weighted by atomic mass is 16.5. The lowest BCUT2D eigenvalue weighted by atomic mass is 10.1. The highest BCUT2D eigenvalue weighted by Crippen LogP contribution is 2.30. The molecule has 0 spiro atoms. The molecule has 4 rings (SSSR count). The van der Waals surface area contributed by atoms with Crippen LogP contribution in [-0.4, -0.2) is 47.1 Å². The van der Waals surface area contributed by atoms with Crippen molar-refractivity contribution in [1.82, 2.24) is 19.8 Å². The van der Waals surface area contributed by atoms with E-state index in [1.54, 1.807) is 13.3 Å². The van der Waals surface area contributed by atoms with E-state index in [1.165, 1.54) is 0 Å². The molecule has 1 unspecified atom stereocenters. The lowest BCUT2D eigenvalue weighted by molar-refractivity contribution is 0.0584. The van der Waals surface area contributed by atoms with Gasteiger partial charge < -0.3 is 23.9 Å². The van der Waals surface area contributed by atoms with Crippen molar-refractivity contribution < 1.29 is 13.9 Å². The molecule has 1 N–H and O–H groups in total. The largest absolute Gasteiger partial charge is 0.451 e. The summed E-state index contributed by atoms with van der Waals surface area (Å²) >= 11 is 0. The van der Waals surface area contributed by atoms with Crippen LogP contribution in [0.2, 0.25) is 0 Å². The molecule has 1 amide bonds. The number of carbonyl (C=O) groups excluding carboxylic acids is 1. The fourth-order valence-electron chi connectivity index (χ4n) is 3.57. The zero-order chi connectivity index (χ0) is 18.1. The number of carbonyl (C=O) groups is 1. The topological polar surface area (TPSA) is 72.5 Å². The van der Waals surface area contributed by atoms with Crippen LogP contribution in [0.5, 0.6) is 0 Å². The van der Waals surface area contributed by atoms with Gasteiger partial charge >= 0.3 is 0 Å². The minimum Gasteiger partial charge on any atom is -0.451 e. The third kappa shape index (κ3) is 2.79. The van der Waals surface area contributed by atoms with Gasteiger partial charge in [-0.05, 0) is 6.07 Å². The van der Waals surface area contributed by atoms with E-state index < -0.39 is 0 Å². The average molecular weight is 354 g/mol. The molecule has 3 aromatic rings. The van der Waals surface area contributed by atoms with E-state index in [0.717, 1.165) is 23.3 Å². The maximum Gasteiger partial charge on any atom is 0.290 e. The Bertz CT molecular complexity index is 930. The number of furan rings is 1. The number of fused-ring (bicyclic) bond motifs is 1. The van der Waals surface area contributed by atoms with Crippen molar-refractivity contribution >= 4 is 16.9 Å². The second-order valence-corrected chi connectivity index (χ2v) is 6.45. The van der Waals surface area contributed by atoms with Crippen LogP contribution in [0.3, 0.4) is 0 Å². The number of hydrogen-bond acceptors (Lipinski definition) is 5. The number of benzene rings is 1. The number of hydrogen-bond donors (Lipinski definition) is 1. The highest BCUT2D eigenvalue weighted by molar-refractivity contribution is 5.99. The Balaban J connectivity index is 1.75. The first-order valence-corrected chi connectivity index (χ1v) is 8.69. The van der Waals surface area contributed by atoms with E-state index in [4.69, 9.17) is 9.15 Å². The molecule has 0 saturated carbocycles. The Morgan fingerprint density at radius 1 is 1.42 bits per heavy atom. The van der Waals surface area contributed by atoms with Crippen LogP contribution in [0.25, 0.3) is 11.0 Å². The minimum absolute atomic E-state index is 0.122. The summed E-state index contributed by atoms with van der Waals surface area (Å²) in [6.07, 6.45) is 3.65. The van der Waals surface area contributed by atoms with E-state index in [0.29, 0.717) is 31.0 Å². The van der Waals surface area contributed by atoms with E-state index in [1.807, 2.05) is 47.0 Å². The Morgan fingerprint density at radius 2 is 2.27 bits per heavy atom. The second-order valence-electron chi connectivity index (χ2n) is 6.45. The first-order chi connectivity index (χ1) is 12.7. The minimum atomic E-state index is -0.139. The van der Waals surface area contributed by atoms with Crippen molar-refractivity contribution in [3.63, 3.8) is 0 Å². The predicted octanol–water partition coefficient (Wildman–Crippen LogP) is 2.10. The van der Waals surface area contributed by atoms with Gasteiger partial charge in [0.05, 0.1) is 6.61 Å². The Labute approximate surface area is 151 Å². The molecular formula is C19H22N4O3. The smallest absolute Gasteiger partial charge is 0.290 e. The third-order valence-corrected chi connectivity index (χ3v) is 4.84. The number of imidazole rings is 1. The van der Waals surface area contributed by atoms with E-state index in [2.05, 4.69) is 10.3 Å². The maximum atomic E-state index is 13.4. The molecule has 0 bridgehead atoms. The SMILES string of the molecule is COCc1c(C(=O)N2CCNCC2c2nccn2C)oc2ccccc12. The highest BCUT2D eigenvalue weighted by Gasteiger charge is 2.34. The van der Waals surface area contributed by atoms with Gasteiger partial charge in [-0.15, -0.1) is 0 Å². The zero-order valence-electron chi connectivity index (χ0n) is 14.9. The van der Waals surface area contributed by atoms with Gasteiger partial charge in [-0.2, -0.15) is 0 Å². The van der Waals surface area contributed by atoms with Gasteiger partial charge in [-0.25, -0.2) is 4.98 Å². The standard InChI is InChI=1S/C19H22N4O3/c1-22-9-8-21-18(22)15-11-20-7-10-23(15)19(24)17-14(12-25-2)13-5-3-4-6-16(13)26-17/h3-6,8-9,15,20H,7,10-12H2,1-2H3. The van der Waals surface area contributed by atoms with Crippen molar-refractivity contribution in [1.29, 1.82) is 0 Å². The van der Waals surface area contributed by atoms with Crippen LogP contribution >= 0.6 is 0 Å². The monoisotopic (exact) mass is 354 g/mol. The summed E-state index contributed by atoms with van der Waals surface area (Å²) in [6.45, 7) is 2.33. The second kappa shape index (κ2) is 6.93. The predicted molar refractivity (Wildman–Crippen MR) is 96.8 cm³/mol. The number of rotatable bonds is 4. The molecule has 26 heavy (non-hydrogen) atoms. The molecule has 1 aromatic carbocycles. The van der Waals surface area contributed by atoms with E-state index in [9.17, 15) is 4.79 Å². The van der Waals surface area contributed by atoms with Crippen molar-refractivity contribution in [3.05, 3.63) is 53.8 Å². The average Bonchev–Trinajstić information content (AvgIpc) is 3.25. The summed E-state index contributed by atoms with van der Waals surface area (Å²) in [6, 6.07) is 7.53. The summed E-state index contributed by atoms with van der Waals surface area (Å²) < 4.78 is 13.2. The van der Waals surface area contributed by atoms with Crippen LogP contribution in [0.4, 0.5) is 0 Å². The Morgan fingerprint density at radius 3 is 3.04 bits per heavy atom. The number of aromatic nitrogens is 2. The Hall–Kier alpha value is -2.64. The molecule has 2 aromatic heterocycles. The number of amides is 1. The Kier molecular flexibility index (Phi) is 4.48. The van der Waals surface area contributed by atoms with Crippen LogP contribution in [-0.2, 0) is 18.4 Å². The molecule has 7 nitrogen and oxygen atoms in total. The number of aryl methyl sites for hydroxylation is 1. The van der Waals surface area contributed by atoms with Gasteiger partial charge in [0, 0.05) is 57.1 Å². The van der Waals surface area contributed by atoms with Gasteiger partial charge in [-0.3, -0.25) is 4.79 Å². The number of para-hydroxylation sites is 1. The summed E-state index contributed by atoms with van der Waals surface area (Å²) in [5.74, 6) is 1.09. The summed E-state index contributed by atoms with van der Waals surface area (Å²) in [5.41, 5.74) is 1.50. The summed E-state index contributed by atoms with van der Waals surface area (Å²) in [4.78, 5) is 19.7. The fraction of sp³-hybridized carbons (Fsp3) is 0.368. The van der Waals surface area contributed by atoms with Gasteiger partial charge in [0.15, 0.2) is 5.76 Å². The number of nitrogens with zero attached hydrogens (tertiary/aromatic N) is 3. The van der Waals surface area contributed by atoms with Crippen LogP contribution in [0.1, 0.15) is 28.0 Å². The van der Waals surface area contributed by atoms with Crippen molar-refractivity contribution in [2.24, 2.45) is 7.05 Å². The lowest BCUT2D eigenvalue weighted by Gasteiger charge is -2.35.